The molecule has 4 rings (SSSR count). The highest BCUT2D eigenvalue weighted by Crippen LogP contribution is 2.36. The van der Waals surface area contributed by atoms with Crippen molar-refractivity contribution in [2.24, 2.45) is 5.92 Å². The van der Waals surface area contributed by atoms with Gasteiger partial charge in [0.1, 0.15) is 0 Å². The van der Waals surface area contributed by atoms with Gasteiger partial charge < -0.3 is 15.6 Å². The molecule has 1 saturated carbocycles. The van der Waals surface area contributed by atoms with Gasteiger partial charge in [0.05, 0.1) is 29.4 Å². The van der Waals surface area contributed by atoms with E-state index in [1.165, 1.54) is 0 Å². The third-order valence-corrected chi connectivity index (χ3v) is 4.57. The average Bonchev–Trinajstić information content (AvgIpc) is 3.26. The van der Waals surface area contributed by atoms with Gasteiger partial charge in [-0.15, -0.1) is 0 Å². The lowest BCUT2D eigenvalue weighted by atomic mass is 9.94. The number of benzene rings is 1. The van der Waals surface area contributed by atoms with Crippen molar-refractivity contribution in [2.75, 3.05) is 0 Å². The molecule has 2 fully saturated rings. The van der Waals surface area contributed by atoms with Crippen LogP contribution in [0.2, 0.25) is 0 Å². The highest BCUT2D eigenvalue weighted by atomic mass is 16.2. The first-order valence-electron chi connectivity index (χ1n) is 7.74. The van der Waals surface area contributed by atoms with Crippen molar-refractivity contribution in [3.05, 3.63) is 30.1 Å². The predicted molar refractivity (Wildman–Crippen MR) is 81.2 cm³/mol. The highest BCUT2D eigenvalue weighted by molar-refractivity contribution is 5.97. The van der Waals surface area contributed by atoms with Crippen molar-refractivity contribution in [1.29, 1.82) is 0 Å². The highest BCUT2D eigenvalue weighted by Gasteiger charge is 2.40. The number of carbonyl (C=O) groups excluding carboxylic acids is 2. The fraction of sp³-hybridized carbons (Fsp3) is 0.438. The standard InChI is InChI=1S/C16H18N4O2/c21-14-6-5-12(15(20-14)9-1-2-9)19-16(22)10-3-4-11-13(7-10)18-8-17-11/h3-4,7-9,12,15H,1-2,5-6H2,(H,17,18)(H,19,22)(H,20,21)/t12-,15+/m1/s1. The van der Waals surface area contributed by atoms with Gasteiger partial charge in [0, 0.05) is 12.0 Å². The van der Waals surface area contributed by atoms with Crippen molar-refractivity contribution in [3.8, 4) is 0 Å². The quantitative estimate of drug-likeness (QED) is 0.799. The van der Waals surface area contributed by atoms with Gasteiger partial charge in [-0.25, -0.2) is 4.98 Å². The Kier molecular flexibility index (Phi) is 3.10. The molecule has 0 unspecified atom stereocenters. The van der Waals surface area contributed by atoms with Crippen LogP contribution in [0, 0.1) is 5.92 Å². The molecule has 1 aliphatic heterocycles. The second-order valence-electron chi connectivity index (χ2n) is 6.18. The van der Waals surface area contributed by atoms with E-state index in [9.17, 15) is 9.59 Å². The maximum atomic E-state index is 12.5. The van der Waals surface area contributed by atoms with E-state index in [1.807, 2.05) is 12.1 Å². The first-order valence-corrected chi connectivity index (χ1v) is 7.74. The lowest BCUT2D eigenvalue weighted by Crippen LogP contribution is -2.56. The van der Waals surface area contributed by atoms with Crippen LogP contribution in [0.15, 0.2) is 24.5 Å². The van der Waals surface area contributed by atoms with Crippen LogP contribution in [0.3, 0.4) is 0 Å². The predicted octanol–water partition coefficient (Wildman–Crippen LogP) is 1.35. The first kappa shape index (κ1) is 13.3. The fourth-order valence-corrected chi connectivity index (χ4v) is 3.22. The van der Waals surface area contributed by atoms with Crippen molar-refractivity contribution in [1.82, 2.24) is 20.6 Å². The van der Waals surface area contributed by atoms with Crippen LogP contribution in [0.4, 0.5) is 0 Å². The number of aromatic nitrogens is 2. The Hall–Kier alpha value is -2.37. The summed E-state index contributed by atoms with van der Waals surface area (Å²) in [5.41, 5.74) is 2.31. The molecule has 0 bridgehead atoms. The van der Waals surface area contributed by atoms with Gasteiger partial charge >= 0.3 is 0 Å². The van der Waals surface area contributed by atoms with E-state index in [1.54, 1.807) is 12.4 Å². The largest absolute Gasteiger partial charge is 0.351 e. The Morgan fingerprint density at radius 1 is 1.27 bits per heavy atom. The number of amides is 2. The van der Waals surface area contributed by atoms with Crippen LogP contribution in [-0.4, -0.2) is 33.9 Å². The maximum absolute atomic E-state index is 12.5. The van der Waals surface area contributed by atoms with Crippen molar-refractivity contribution >= 4 is 22.8 Å². The minimum absolute atomic E-state index is 0.0233. The Labute approximate surface area is 127 Å². The Morgan fingerprint density at radius 2 is 2.14 bits per heavy atom. The molecule has 2 heterocycles. The molecule has 2 aromatic rings. The molecule has 2 amide bonds. The first-order chi connectivity index (χ1) is 10.7. The van der Waals surface area contributed by atoms with Gasteiger partial charge in [0.15, 0.2) is 0 Å². The summed E-state index contributed by atoms with van der Waals surface area (Å²) in [4.78, 5) is 31.2. The number of imidazole rings is 1. The van der Waals surface area contributed by atoms with Crippen LogP contribution in [0.25, 0.3) is 11.0 Å². The second-order valence-corrected chi connectivity index (χ2v) is 6.18. The molecular formula is C16H18N4O2. The number of H-pyrrole nitrogens is 1. The summed E-state index contributed by atoms with van der Waals surface area (Å²) in [6, 6.07) is 5.54. The molecule has 1 aliphatic carbocycles. The zero-order valence-electron chi connectivity index (χ0n) is 12.1. The fourth-order valence-electron chi connectivity index (χ4n) is 3.22. The molecule has 2 aliphatic rings. The van der Waals surface area contributed by atoms with Crippen LogP contribution < -0.4 is 10.6 Å². The van der Waals surface area contributed by atoms with Gasteiger partial charge in [-0.1, -0.05) is 0 Å². The molecule has 0 spiro atoms. The topological polar surface area (TPSA) is 86.9 Å². The van der Waals surface area contributed by atoms with E-state index in [0.29, 0.717) is 24.3 Å². The summed E-state index contributed by atoms with van der Waals surface area (Å²) in [5, 5.41) is 6.14. The number of nitrogens with zero attached hydrogens (tertiary/aromatic N) is 1. The summed E-state index contributed by atoms with van der Waals surface area (Å²) in [6.07, 6.45) is 5.08. The van der Waals surface area contributed by atoms with E-state index >= 15 is 0 Å². The molecule has 2 atom stereocenters. The van der Waals surface area contributed by atoms with Gasteiger partial charge in [-0.2, -0.15) is 0 Å². The zero-order chi connectivity index (χ0) is 15.1. The number of aromatic amines is 1. The smallest absolute Gasteiger partial charge is 0.251 e. The third-order valence-electron chi connectivity index (χ3n) is 4.57. The van der Waals surface area contributed by atoms with Crippen LogP contribution >= 0.6 is 0 Å². The summed E-state index contributed by atoms with van der Waals surface area (Å²) < 4.78 is 0. The number of piperidine rings is 1. The van der Waals surface area contributed by atoms with Crippen molar-refractivity contribution in [3.63, 3.8) is 0 Å². The molecular weight excluding hydrogens is 280 g/mol. The lowest BCUT2D eigenvalue weighted by Gasteiger charge is -2.33. The van der Waals surface area contributed by atoms with Gasteiger partial charge in [0.2, 0.25) is 5.91 Å². The second kappa shape index (κ2) is 5.12. The van der Waals surface area contributed by atoms with Crippen molar-refractivity contribution in [2.45, 2.75) is 37.8 Å². The number of hydrogen-bond acceptors (Lipinski definition) is 3. The number of fused-ring (bicyclic) bond motifs is 1. The van der Waals surface area contributed by atoms with Gasteiger partial charge in [-0.05, 0) is 43.4 Å². The van der Waals surface area contributed by atoms with E-state index in [4.69, 9.17) is 0 Å². The van der Waals surface area contributed by atoms with E-state index in [0.717, 1.165) is 23.9 Å². The SMILES string of the molecule is O=C1CC[C@@H](NC(=O)c2ccc3nc[nH]c3c2)[C@H](C2CC2)N1. The van der Waals surface area contributed by atoms with Crippen molar-refractivity contribution < 1.29 is 9.59 Å². The Balaban J connectivity index is 1.51. The van der Waals surface area contributed by atoms with E-state index in [-0.39, 0.29) is 23.9 Å². The molecule has 1 saturated heterocycles. The number of rotatable bonds is 3. The zero-order valence-corrected chi connectivity index (χ0v) is 12.1. The summed E-state index contributed by atoms with van der Waals surface area (Å²) in [7, 11) is 0. The van der Waals surface area contributed by atoms with Gasteiger partial charge in [0.25, 0.3) is 5.91 Å². The molecule has 6 heteroatoms. The minimum Gasteiger partial charge on any atom is -0.351 e. The summed E-state index contributed by atoms with van der Waals surface area (Å²) in [6.45, 7) is 0. The van der Waals surface area contributed by atoms with E-state index < -0.39 is 0 Å². The summed E-state index contributed by atoms with van der Waals surface area (Å²) >= 11 is 0. The minimum atomic E-state index is -0.0942. The average molecular weight is 298 g/mol. The molecule has 3 N–H and O–H groups in total. The molecule has 6 nitrogen and oxygen atoms in total. The van der Waals surface area contributed by atoms with Crippen LogP contribution in [-0.2, 0) is 4.79 Å². The maximum Gasteiger partial charge on any atom is 0.251 e. The Morgan fingerprint density at radius 3 is 2.95 bits per heavy atom. The molecule has 0 radical (unpaired) electrons. The molecule has 1 aromatic carbocycles. The van der Waals surface area contributed by atoms with Crippen LogP contribution in [0.5, 0.6) is 0 Å². The normalized spacial score (nSPS) is 25.0. The monoisotopic (exact) mass is 298 g/mol. The number of hydrogen-bond donors (Lipinski definition) is 3. The third kappa shape index (κ3) is 2.45. The molecule has 22 heavy (non-hydrogen) atoms. The number of carbonyl (C=O) groups is 2. The molecule has 1 aromatic heterocycles. The van der Waals surface area contributed by atoms with E-state index in [2.05, 4.69) is 20.6 Å². The summed E-state index contributed by atoms with van der Waals surface area (Å²) in [5.74, 6) is 0.522. The Bertz CT molecular complexity index is 735. The van der Waals surface area contributed by atoms with Gasteiger partial charge in [-0.3, -0.25) is 9.59 Å². The molecule has 114 valence electrons. The van der Waals surface area contributed by atoms with Crippen LogP contribution in [0.1, 0.15) is 36.0 Å². The number of nitrogens with one attached hydrogen (secondary N) is 3. The lowest BCUT2D eigenvalue weighted by molar-refractivity contribution is -0.124.